The molecule has 2 aliphatic heterocycles. The Labute approximate surface area is 188 Å². The highest BCUT2D eigenvalue weighted by molar-refractivity contribution is 9.09. The number of carbonyl (C=O) groups excluding carboxylic acids is 3. The maximum absolute atomic E-state index is 13.7. The van der Waals surface area contributed by atoms with Gasteiger partial charge < -0.3 is 9.64 Å². The molecule has 6 nitrogen and oxygen atoms in total. The molecule has 0 aromatic heterocycles. The van der Waals surface area contributed by atoms with Crippen LogP contribution in [0, 0.1) is 11.8 Å². The monoisotopic (exact) mass is 480 g/mol. The Morgan fingerprint density at radius 2 is 1.55 bits per heavy atom. The number of benzene rings is 2. The molecule has 31 heavy (non-hydrogen) atoms. The lowest BCUT2D eigenvalue weighted by molar-refractivity contribution is -0.148. The lowest BCUT2D eigenvalue weighted by atomic mass is 9.55. The van der Waals surface area contributed by atoms with Crippen LogP contribution in [-0.2, 0) is 23.4 Å². The zero-order chi connectivity index (χ0) is 21.3. The van der Waals surface area contributed by atoms with Gasteiger partial charge in [-0.2, -0.15) is 0 Å². The Morgan fingerprint density at radius 3 is 2.16 bits per heavy atom. The first-order valence-corrected chi connectivity index (χ1v) is 11.4. The van der Waals surface area contributed by atoms with Gasteiger partial charge in [0.05, 0.1) is 29.4 Å². The average Bonchev–Trinajstić information content (AvgIpc) is 3.06. The second kappa shape index (κ2) is 6.74. The van der Waals surface area contributed by atoms with Gasteiger partial charge in [0.1, 0.15) is 6.54 Å². The molecule has 0 spiro atoms. The molecule has 2 fully saturated rings. The van der Waals surface area contributed by atoms with Gasteiger partial charge in [0.2, 0.25) is 17.7 Å². The Hall–Kier alpha value is -2.51. The summed E-state index contributed by atoms with van der Waals surface area (Å²) in [5.41, 5.74) is 4.26. The van der Waals surface area contributed by atoms with E-state index in [1.54, 1.807) is 4.90 Å². The standard InChI is InChI=1S/C24H21BrN2O4/c25-24-16-7-3-1-5-14(16)19(15-6-2-4-8-17(15)24)20-21(24)23(30)27(22(20)29)13-18(28)26-9-11-31-12-10-26/h1-8,19-21H,9-13H2/t19?,20-,21-,24?/m0/s1. The molecule has 3 aliphatic carbocycles. The fourth-order valence-corrected chi connectivity index (χ4v) is 7.15. The van der Waals surface area contributed by atoms with Crippen LogP contribution < -0.4 is 0 Å². The molecule has 2 saturated heterocycles. The van der Waals surface area contributed by atoms with Gasteiger partial charge in [-0.05, 0) is 22.3 Å². The number of nitrogens with zero attached hydrogens (tertiary/aromatic N) is 2. The summed E-state index contributed by atoms with van der Waals surface area (Å²) in [6, 6.07) is 16.1. The molecule has 7 heteroatoms. The van der Waals surface area contributed by atoms with Crippen LogP contribution in [0.5, 0.6) is 0 Å². The van der Waals surface area contributed by atoms with Crippen molar-refractivity contribution in [2.75, 3.05) is 32.8 Å². The fraction of sp³-hybridized carbons (Fsp3) is 0.375. The van der Waals surface area contributed by atoms with Gasteiger partial charge in [-0.25, -0.2) is 0 Å². The molecule has 3 amide bonds. The van der Waals surface area contributed by atoms with Crippen LogP contribution >= 0.6 is 15.9 Å². The molecule has 2 atom stereocenters. The zero-order valence-electron chi connectivity index (χ0n) is 16.8. The smallest absolute Gasteiger partial charge is 0.242 e. The Balaban J connectivity index is 1.43. The molecular formula is C24H21BrN2O4. The predicted molar refractivity (Wildman–Crippen MR) is 116 cm³/mol. The van der Waals surface area contributed by atoms with Crippen LogP contribution in [-0.4, -0.2) is 60.4 Å². The molecule has 5 aliphatic rings. The molecule has 2 bridgehead atoms. The van der Waals surface area contributed by atoms with E-state index in [0.717, 1.165) is 22.3 Å². The summed E-state index contributed by atoms with van der Waals surface area (Å²) in [5.74, 6) is -1.95. The highest BCUT2D eigenvalue weighted by atomic mass is 79.9. The highest BCUT2D eigenvalue weighted by Gasteiger charge is 2.67. The van der Waals surface area contributed by atoms with E-state index in [0.29, 0.717) is 26.3 Å². The lowest BCUT2D eigenvalue weighted by Gasteiger charge is -2.51. The number of halogens is 1. The number of rotatable bonds is 2. The third-order valence-corrected chi connectivity index (χ3v) is 8.61. The SMILES string of the molecule is O=C(CN1C(=O)[C@@H]2[C@@H](C1=O)C1c3ccccc3C2(Br)c2ccccc21)N1CCOCC1. The number of imide groups is 1. The number of carbonyl (C=O) groups is 3. The van der Waals surface area contributed by atoms with Gasteiger partial charge in [-0.15, -0.1) is 0 Å². The zero-order valence-corrected chi connectivity index (χ0v) is 18.4. The lowest BCUT2D eigenvalue weighted by Crippen LogP contribution is -2.50. The molecule has 7 rings (SSSR count). The number of likely N-dealkylation sites (tertiary alicyclic amines) is 1. The van der Waals surface area contributed by atoms with E-state index in [2.05, 4.69) is 28.1 Å². The van der Waals surface area contributed by atoms with Gasteiger partial charge in [-0.1, -0.05) is 64.5 Å². The summed E-state index contributed by atoms with van der Waals surface area (Å²) in [6.07, 6.45) is 0. The molecular weight excluding hydrogens is 460 g/mol. The van der Waals surface area contributed by atoms with Gasteiger partial charge in [0.15, 0.2) is 0 Å². The maximum atomic E-state index is 13.7. The van der Waals surface area contributed by atoms with E-state index in [1.807, 2.05) is 36.4 Å². The van der Waals surface area contributed by atoms with Crippen molar-refractivity contribution < 1.29 is 19.1 Å². The first kappa shape index (κ1) is 19.2. The minimum Gasteiger partial charge on any atom is -0.378 e. The van der Waals surface area contributed by atoms with Crippen molar-refractivity contribution in [3.63, 3.8) is 0 Å². The average molecular weight is 481 g/mol. The van der Waals surface area contributed by atoms with E-state index < -0.39 is 16.2 Å². The number of morpholine rings is 1. The molecule has 2 aromatic carbocycles. The second-order valence-corrected chi connectivity index (χ2v) is 9.87. The van der Waals surface area contributed by atoms with E-state index >= 15 is 0 Å². The topological polar surface area (TPSA) is 66.9 Å². The summed E-state index contributed by atoms with van der Waals surface area (Å²) in [6.45, 7) is 1.74. The molecule has 0 N–H and O–H groups in total. The van der Waals surface area contributed by atoms with E-state index in [1.165, 1.54) is 4.90 Å². The van der Waals surface area contributed by atoms with Crippen LogP contribution in [0.15, 0.2) is 48.5 Å². The van der Waals surface area contributed by atoms with Gasteiger partial charge in [0, 0.05) is 19.0 Å². The van der Waals surface area contributed by atoms with Crippen LogP contribution in [0.25, 0.3) is 0 Å². The number of amides is 3. The van der Waals surface area contributed by atoms with Crippen molar-refractivity contribution in [1.29, 1.82) is 0 Å². The molecule has 0 radical (unpaired) electrons. The van der Waals surface area contributed by atoms with Crippen molar-refractivity contribution in [2.24, 2.45) is 11.8 Å². The molecule has 0 saturated carbocycles. The van der Waals surface area contributed by atoms with Crippen molar-refractivity contribution in [2.45, 2.75) is 10.2 Å². The Kier molecular flexibility index (Phi) is 4.17. The van der Waals surface area contributed by atoms with Crippen LogP contribution in [0.2, 0.25) is 0 Å². The van der Waals surface area contributed by atoms with E-state index in [-0.39, 0.29) is 30.2 Å². The summed E-state index contributed by atoms with van der Waals surface area (Å²) < 4.78 is 4.54. The number of hydrogen-bond donors (Lipinski definition) is 0. The van der Waals surface area contributed by atoms with Crippen molar-refractivity contribution in [3.8, 4) is 0 Å². The molecule has 2 heterocycles. The minimum absolute atomic E-state index is 0.184. The maximum Gasteiger partial charge on any atom is 0.242 e. The van der Waals surface area contributed by atoms with Crippen LogP contribution in [0.3, 0.4) is 0 Å². The third-order valence-electron chi connectivity index (χ3n) is 7.26. The number of alkyl halides is 1. The summed E-state index contributed by atoms with van der Waals surface area (Å²) in [4.78, 5) is 43.0. The summed E-state index contributed by atoms with van der Waals surface area (Å²) >= 11 is 3.96. The van der Waals surface area contributed by atoms with Crippen molar-refractivity contribution in [3.05, 3.63) is 70.8 Å². The minimum atomic E-state index is -0.775. The van der Waals surface area contributed by atoms with Crippen molar-refractivity contribution in [1.82, 2.24) is 9.80 Å². The predicted octanol–water partition coefficient (Wildman–Crippen LogP) is 2.24. The molecule has 0 unspecified atom stereocenters. The highest BCUT2D eigenvalue weighted by Crippen LogP contribution is 2.66. The Morgan fingerprint density at radius 1 is 0.968 bits per heavy atom. The quantitative estimate of drug-likeness (QED) is 0.488. The molecule has 158 valence electrons. The largest absolute Gasteiger partial charge is 0.378 e. The number of ether oxygens (including phenoxy) is 1. The number of hydrogen-bond acceptors (Lipinski definition) is 4. The normalized spacial score (nSPS) is 30.8. The van der Waals surface area contributed by atoms with Crippen molar-refractivity contribution >= 4 is 33.7 Å². The fourth-order valence-electron chi connectivity index (χ4n) is 5.94. The third kappa shape index (κ3) is 2.44. The van der Waals surface area contributed by atoms with Gasteiger partial charge in [-0.3, -0.25) is 19.3 Å². The second-order valence-electron chi connectivity index (χ2n) is 8.62. The summed E-state index contributed by atoms with van der Waals surface area (Å²) in [7, 11) is 0. The van der Waals surface area contributed by atoms with Crippen LogP contribution in [0.1, 0.15) is 28.2 Å². The Bertz CT molecular complexity index is 1080. The van der Waals surface area contributed by atoms with Gasteiger partial charge >= 0.3 is 0 Å². The van der Waals surface area contributed by atoms with Crippen LogP contribution in [0.4, 0.5) is 0 Å². The van der Waals surface area contributed by atoms with E-state index in [9.17, 15) is 14.4 Å². The molecule has 2 aromatic rings. The first-order valence-electron chi connectivity index (χ1n) is 10.6. The van der Waals surface area contributed by atoms with E-state index in [4.69, 9.17) is 4.74 Å². The van der Waals surface area contributed by atoms with Gasteiger partial charge in [0.25, 0.3) is 0 Å². The first-order chi connectivity index (χ1) is 15.0. The summed E-state index contributed by atoms with van der Waals surface area (Å²) in [5, 5.41) is 0.